The molecule has 1 heterocycles. The molecule has 0 fully saturated rings. The molecule has 21 heavy (non-hydrogen) atoms. The van der Waals surface area contributed by atoms with Crippen molar-refractivity contribution in [3.8, 4) is 11.5 Å². The molecule has 1 aromatic heterocycles. The zero-order valence-corrected chi connectivity index (χ0v) is 13.5. The van der Waals surface area contributed by atoms with Crippen LogP contribution >= 0.6 is 23.2 Å². The highest BCUT2D eigenvalue weighted by molar-refractivity contribution is 6.34. The van der Waals surface area contributed by atoms with E-state index in [1.165, 1.54) is 0 Å². The lowest BCUT2D eigenvalue weighted by Crippen LogP contribution is -2.04. The molecule has 1 aromatic carbocycles. The van der Waals surface area contributed by atoms with Crippen molar-refractivity contribution in [1.82, 2.24) is 4.98 Å². The Morgan fingerprint density at radius 2 is 1.90 bits per heavy atom. The summed E-state index contributed by atoms with van der Waals surface area (Å²) in [6.45, 7) is 2.48. The van der Waals surface area contributed by atoms with Crippen LogP contribution < -0.4 is 14.8 Å². The summed E-state index contributed by atoms with van der Waals surface area (Å²) in [5.74, 6) is 1.50. The fourth-order valence-corrected chi connectivity index (χ4v) is 2.59. The van der Waals surface area contributed by atoms with Gasteiger partial charge in [-0.15, -0.1) is 0 Å². The van der Waals surface area contributed by atoms with Crippen LogP contribution in [0.4, 0.5) is 5.69 Å². The van der Waals surface area contributed by atoms with Crippen molar-refractivity contribution in [2.45, 2.75) is 13.5 Å². The second kappa shape index (κ2) is 6.87. The fraction of sp³-hybridized carbons (Fsp3) is 0.267. The summed E-state index contributed by atoms with van der Waals surface area (Å²) in [6, 6.07) is 7.43. The Morgan fingerprint density at radius 3 is 2.52 bits per heavy atom. The summed E-state index contributed by atoms with van der Waals surface area (Å²) in [6.07, 6.45) is 0. The molecule has 112 valence electrons. The van der Waals surface area contributed by atoms with Crippen LogP contribution in [0.3, 0.4) is 0 Å². The summed E-state index contributed by atoms with van der Waals surface area (Å²) in [4.78, 5) is 4.03. The Morgan fingerprint density at radius 1 is 1.14 bits per heavy atom. The minimum Gasteiger partial charge on any atom is -0.497 e. The van der Waals surface area contributed by atoms with E-state index in [0.717, 1.165) is 28.3 Å². The van der Waals surface area contributed by atoms with Gasteiger partial charge >= 0.3 is 0 Å². The molecule has 2 aromatic rings. The Hall–Kier alpha value is -1.65. The minimum absolute atomic E-state index is 0.354. The van der Waals surface area contributed by atoms with Crippen molar-refractivity contribution >= 4 is 28.9 Å². The van der Waals surface area contributed by atoms with Crippen LogP contribution in [0.2, 0.25) is 10.3 Å². The van der Waals surface area contributed by atoms with E-state index in [1.807, 2.05) is 25.1 Å². The van der Waals surface area contributed by atoms with Gasteiger partial charge in [-0.05, 0) is 30.7 Å². The fourth-order valence-electron chi connectivity index (χ4n) is 1.99. The Bertz CT molecular complexity index is 625. The van der Waals surface area contributed by atoms with Crippen molar-refractivity contribution in [2.24, 2.45) is 0 Å². The SMILES string of the molecule is COc1ccc(CNc2c(C)cc(Cl)nc2Cl)c(OC)c1. The molecule has 0 saturated carbocycles. The second-order valence-electron chi connectivity index (χ2n) is 4.46. The molecule has 0 spiro atoms. The number of pyridine rings is 1. The third-order valence-corrected chi connectivity index (χ3v) is 3.56. The molecule has 0 saturated heterocycles. The molecule has 0 aliphatic rings. The summed E-state index contributed by atoms with van der Waals surface area (Å²) in [5.41, 5.74) is 2.69. The molecular weight excluding hydrogens is 311 g/mol. The molecule has 1 N–H and O–H groups in total. The standard InChI is InChI=1S/C15H16Cl2N2O2/c1-9-6-13(16)19-15(17)14(9)18-8-10-4-5-11(20-2)7-12(10)21-3/h4-7,18H,8H2,1-3H3. The lowest BCUT2D eigenvalue weighted by molar-refractivity contribution is 0.391. The second-order valence-corrected chi connectivity index (χ2v) is 5.20. The number of hydrogen-bond acceptors (Lipinski definition) is 4. The number of hydrogen-bond donors (Lipinski definition) is 1. The van der Waals surface area contributed by atoms with Crippen LogP contribution in [0.15, 0.2) is 24.3 Å². The average molecular weight is 327 g/mol. The number of halogens is 2. The number of nitrogens with one attached hydrogen (secondary N) is 1. The van der Waals surface area contributed by atoms with Crippen molar-refractivity contribution in [2.75, 3.05) is 19.5 Å². The molecule has 0 radical (unpaired) electrons. The smallest absolute Gasteiger partial charge is 0.154 e. The van der Waals surface area contributed by atoms with Crippen LogP contribution in [-0.4, -0.2) is 19.2 Å². The average Bonchev–Trinajstić information content (AvgIpc) is 2.46. The topological polar surface area (TPSA) is 43.4 Å². The first kappa shape index (κ1) is 15.7. The highest BCUT2D eigenvalue weighted by Gasteiger charge is 2.10. The number of anilines is 1. The molecule has 0 amide bonds. The van der Waals surface area contributed by atoms with E-state index in [4.69, 9.17) is 32.7 Å². The van der Waals surface area contributed by atoms with Gasteiger partial charge in [-0.3, -0.25) is 0 Å². The number of methoxy groups -OCH3 is 2. The zero-order valence-electron chi connectivity index (χ0n) is 12.0. The van der Waals surface area contributed by atoms with Gasteiger partial charge in [0.05, 0.1) is 19.9 Å². The van der Waals surface area contributed by atoms with Crippen LogP contribution in [0.25, 0.3) is 0 Å². The maximum Gasteiger partial charge on any atom is 0.154 e. The van der Waals surface area contributed by atoms with Crippen molar-refractivity contribution < 1.29 is 9.47 Å². The van der Waals surface area contributed by atoms with Crippen molar-refractivity contribution in [1.29, 1.82) is 0 Å². The number of ether oxygens (including phenoxy) is 2. The van der Waals surface area contributed by atoms with Crippen LogP contribution in [-0.2, 0) is 6.54 Å². The Kier molecular flexibility index (Phi) is 5.15. The van der Waals surface area contributed by atoms with E-state index in [1.54, 1.807) is 20.3 Å². The Labute approximate surface area is 134 Å². The van der Waals surface area contributed by atoms with Gasteiger partial charge in [0.25, 0.3) is 0 Å². The van der Waals surface area contributed by atoms with E-state index in [-0.39, 0.29) is 0 Å². The lowest BCUT2D eigenvalue weighted by atomic mass is 10.1. The maximum absolute atomic E-state index is 6.11. The number of aryl methyl sites for hydroxylation is 1. The van der Waals surface area contributed by atoms with Crippen LogP contribution in [0.1, 0.15) is 11.1 Å². The van der Waals surface area contributed by atoms with E-state index in [0.29, 0.717) is 16.9 Å². The monoisotopic (exact) mass is 326 g/mol. The highest BCUT2D eigenvalue weighted by atomic mass is 35.5. The van der Waals surface area contributed by atoms with Crippen LogP contribution in [0.5, 0.6) is 11.5 Å². The lowest BCUT2D eigenvalue weighted by Gasteiger charge is -2.14. The first-order valence-electron chi connectivity index (χ1n) is 6.32. The van der Waals surface area contributed by atoms with Gasteiger partial charge in [0.2, 0.25) is 0 Å². The number of aromatic nitrogens is 1. The van der Waals surface area contributed by atoms with Gasteiger partial charge in [-0.25, -0.2) is 4.98 Å². The summed E-state index contributed by atoms with van der Waals surface area (Å²) in [5, 5.41) is 4.00. The first-order valence-corrected chi connectivity index (χ1v) is 7.08. The molecule has 4 nitrogen and oxygen atoms in total. The molecule has 2 rings (SSSR count). The predicted molar refractivity (Wildman–Crippen MR) is 85.9 cm³/mol. The summed E-state index contributed by atoms with van der Waals surface area (Å²) in [7, 11) is 3.25. The highest BCUT2D eigenvalue weighted by Crippen LogP contribution is 2.29. The van der Waals surface area contributed by atoms with E-state index in [2.05, 4.69) is 10.3 Å². The number of rotatable bonds is 5. The normalized spacial score (nSPS) is 10.3. The molecule has 0 unspecified atom stereocenters. The number of benzene rings is 1. The van der Waals surface area contributed by atoms with Gasteiger partial charge in [0.1, 0.15) is 16.7 Å². The van der Waals surface area contributed by atoms with Crippen molar-refractivity contribution in [3.63, 3.8) is 0 Å². The molecule has 0 atom stereocenters. The van der Waals surface area contributed by atoms with Gasteiger partial charge in [0.15, 0.2) is 5.15 Å². The van der Waals surface area contributed by atoms with Crippen molar-refractivity contribution in [3.05, 3.63) is 45.7 Å². The van der Waals surface area contributed by atoms with E-state index in [9.17, 15) is 0 Å². The number of nitrogens with zero attached hydrogens (tertiary/aromatic N) is 1. The molecular formula is C15H16Cl2N2O2. The zero-order chi connectivity index (χ0) is 15.4. The van der Waals surface area contributed by atoms with E-state index >= 15 is 0 Å². The minimum atomic E-state index is 0.354. The molecule has 0 aliphatic heterocycles. The van der Waals surface area contributed by atoms with Gasteiger partial charge in [0, 0.05) is 18.2 Å². The molecule has 0 bridgehead atoms. The quantitative estimate of drug-likeness (QED) is 0.830. The third-order valence-electron chi connectivity index (χ3n) is 3.09. The largest absolute Gasteiger partial charge is 0.497 e. The summed E-state index contributed by atoms with van der Waals surface area (Å²) >= 11 is 12.0. The predicted octanol–water partition coefficient (Wildman–Crippen LogP) is 4.33. The van der Waals surface area contributed by atoms with Gasteiger partial charge in [-0.2, -0.15) is 0 Å². The van der Waals surface area contributed by atoms with Crippen LogP contribution in [0, 0.1) is 6.92 Å². The summed E-state index contributed by atoms with van der Waals surface area (Å²) < 4.78 is 10.5. The van der Waals surface area contributed by atoms with Gasteiger partial charge < -0.3 is 14.8 Å². The molecule has 6 heteroatoms. The van der Waals surface area contributed by atoms with E-state index < -0.39 is 0 Å². The Balaban J connectivity index is 2.20. The molecule has 0 aliphatic carbocycles. The maximum atomic E-state index is 6.11. The first-order chi connectivity index (χ1) is 10.0. The third kappa shape index (κ3) is 3.71. The van der Waals surface area contributed by atoms with Gasteiger partial charge in [-0.1, -0.05) is 23.2 Å².